The number of ether oxygens (including phenoxy) is 1. The second-order valence-corrected chi connectivity index (χ2v) is 7.93. The molecular formula is C23H26FN7O3. The molecule has 1 aliphatic heterocycles. The van der Waals surface area contributed by atoms with Crippen LogP contribution in [0.25, 0.3) is 0 Å². The van der Waals surface area contributed by atoms with Crippen LogP contribution in [0, 0.1) is 17.1 Å². The van der Waals surface area contributed by atoms with Gasteiger partial charge in [0.05, 0.1) is 11.3 Å². The Hall–Kier alpha value is -4.20. The number of halogens is 1. The van der Waals surface area contributed by atoms with Gasteiger partial charge >= 0.3 is 6.09 Å². The van der Waals surface area contributed by atoms with Crippen molar-refractivity contribution in [1.29, 1.82) is 5.26 Å². The number of benzene rings is 1. The minimum atomic E-state index is -1.04. The second kappa shape index (κ2) is 10.6. The Morgan fingerprint density at radius 2 is 2.12 bits per heavy atom. The first-order valence-corrected chi connectivity index (χ1v) is 10.6. The lowest BCUT2D eigenvalue weighted by Crippen LogP contribution is -2.44. The average molecular weight is 468 g/mol. The number of hydrogen-bond acceptors (Lipinski definition) is 7. The lowest BCUT2D eigenvalue weighted by atomic mass is 9.70. The number of piperidine rings is 1. The number of hydrogen-bond donors (Lipinski definition) is 3. The predicted molar refractivity (Wildman–Crippen MR) is 125 cm³/mol. The van der Waals surface area contributed by atoms with Crippen LogP contribution < -0.4 is 21.7 Å². The fraction of sp³-hybridized carbons (Fsp3) is 0.348. The molecule has 11 heteroatoms. The van der Waals surface area contributed by atoms with E-state index in [9.17, 15) is 14.9 Å². The van der Waals surface area contributed by atoms with Crippen LogP contribution in [0.5, 0.6) is 0 Å². The lowest BCUT2D eigenvalue weighted by molar-refractivity contribution is -0.109. The molecule has 2 aromatic rings. The van der Waals surface area contributed by atoms with Gasteiger partial charge < -0.3 is 31.2 Å². The zero-order chi connectivity index (χ0) is 24.7. The van der Waals surface area contributed by atoms with Gasteiger partial charge in [-0.05, 0) is 25.0 Å². The van der Waals surface area contributed by atoms with Crippen molar-refractivity contribution >= 4 is 29.8 Å². The number of nitrogens with one attached hydrogen (secondary N) is 1. The molecule has 0 spiro atoms. The largest absolute Gasteiger partial charge is 0.443 e. The molecule has 2 heterocycles. The Labute approximate surface area is 196 Å². The van der Waals surface area contributed by atoms with Gasteiger partial charge in [0.2, 0.25) is 0 Å². The van der Waals surface area contributed by atoms with Crippen molar-refractivity contribution in [1.82, 2.24) is 4.98 Å². The summed E-state index contributed by atoms with van der Waals surface area (Å²) in [4.78, 5) is 32.5. The number of aldehydes is 1. The number of nitrogens with two attached hydrogens (primary N) is 2. The molecule has 0 atom stereocenters. The van der Waals surface area contributed by atoms with Gasteiger partial charge in [-0.25, -0.2) is 14.2 Å². The summed E-state index contributed by atoms with van der Waals surface area (Å²) >= 11 is 0. The molecule has 0 radical (unpaired) electrons. The van der Waals surface area contributed by atoms with Gasteiger partial charge in [0.1, 0.15) is 24.8 Å². The maximum Gasteiger partial charge on any atom is 0.437 e. The number of anilines is 2. The van der Waals surface area contributed by atoms with Gasteiger partial charge in [0, 0.05) is 49.3 Å². The summed E-state index contributed by atoms with van der Waals surface area (Å²) in [5.74, 6) is -0.420. The van der Waals surface area contributed by atoms with E-state index in [0.717, 1.165) is 11.8 Å². The summed E-state index contributed by atoms with van der Waals surface area (Å²) in [5, 5.41) is 12.7. The van der Waals surface area contributed by atoms with Crippen molar-refractivity contribution in [3.05, 3.63) is 53.0 Å². The summed E-state index contributed by atoms with van der Waals surface area (Å²) in [6, 6.07) is 8.67. The number of aliphatic imine (C=N–C) groups is 1. The first-order valence-electron chi connectivity index (χ1n) is 10.6. The highest BCUT2D eigenvalue weighted by atomic mass is 19.1. The van der Waals surface area contributed by atoms with Crippen LogP contribution in [0.2, 0.25) is 0 Å². The van der Waals surface area contributed by atoms with Crippen LogP contribution in [-0.2, 0) is 21.6 Å². The van der Waals surface area contributed by atoms with Crippen LogP contribution in [0.4, 0.5) is 20.7 Å². The highest BCUT2D eigenvalue weighted by Crippen LogP contribution is 2.42. The van der Waals surface area contributed by atoms with Gasteiger partial charge in [-0.1, -0.05) is 12.1 Å². The molecule has 0 saturated carbocycles. The number of amides is 1. The Kier molecular flexibility index (Phi) is 7.63. The quantitative estimate of drug-likeness (QED) is 0.315. The molecular weight excluding hydrogens is 441 g/mol. The molecule has 1 saturated heterocycles. The van der Waals surface area contributed by atoms with Crippen LogP contribution in [0.1, 0.15) is 36.0 Å². The summed E-state index contributed by atoms with van der Waals surface area (Å²) in [5.41, 5.74) is 11.1. The molecule has 0 bridgehead atoms. The Balaban J connectivity index is 1.87. The van der Waals surface area contributed by atoms with E-state index < -0.39 is 29.9 Å². The minimum absolute atomic E-state index is 0.0857. The molecule has 178 valence electrons. The van der Waals surface area contributed by atoms with E-state index in [1.807, 2.05) is 18.2 Å². The molecule has 0 unspecified atom stereocenters. The molecule has 0 aliphatic carbocycles. The Bertz CT molecular complexity index is 1130. The molecule has 1 aliphatic rings. The zero-order valence-electron chi connectivity index (χ0n) is 18.8. The molecule has 10 nitrogen and oxygen atoms in total. The zero-order valence-corrected chi connectivity index (χ0v) is 18.8. The molecule has 1 amide bonds. The van der Waals surface area contributed by atoms with E-state index in [1.165, 1.54) is 12.1 Å². The van der Waals surface area contributed by atoms with Crippen LogP contribution >= 0.6 is 0 Å². The topological polar surface area (TPSA) is 160 Å². The van der Waals surface area contributed by atoms with E-state index in [2.05, 4.69) is 15.3 Å². The molecule has 1 fully saturated rings. The Morgan fingerprint density at radius 1 is 1.38 bits per heavy atom. The van der Waals surface area contributed by atoms with Crippen LogP contribution in [-0.4, -0.2) is 43.5 Å². The SMILES string of the molecule is CNc1ncccc1C1(CC=O)CCN(c2c(C#N)ccc(COC(=O)N=C(N)N)c2F)CC1. The maximum atomic E-state index is 15.5. The summed E-state index contributed by atoms with van der Waals surface area (Å²) in [7, 11) is 1.77. The third kappa shape index (κ3) is 5.06. The number of aromatic nitrogens is 1. The normalized spacial score (nSPS) is 14.6. The van der Waals surface area contributed by atoms with Crippen LogP contribution in [0.3, 0.4) is 0 Å². The van der Waals surface area contributed by atoms with E-state index in [1.54, 1.807) is 18.1 Å². The molecule has 34 heavy (non-hydrogen) atoms. The molecule has 5 N–H and O–H groups in total. The highest BCUT2D eigenvalue weighted by molar-refractivity contribution is 5.87. The fourth-order valence-electron chi connectivity index (χ4n) is 4.33. The van der Waals surface area contributed by atoms with E-state index in [4.69, 9.17) is 16.2 Å². The summed E-state index contributed by atoms with van der Waals surface area (Å²) in [6.07, 6.45) is 2.95. The highest BCUT2D eigenvalue weighted by Gasteiger charge is 2.39. The van der Waals surface area contributed by atoms with Crippen molar-refractivity contribution in [2.24, 2.45) is 16.5 Å². The van der Waals surface area contributed by atoms with E-state index >= 15 is 4.39 Å². The van der Waals surface area contributed by atoms with Crippen molar-refractivity contribution in [2.45, 2.75) is 31.3 Å². The number of pyridine rings is 1. The van der Waals surface area contributed by atoms with Crippen molar-refractivity contribution in [2.75, 3.05) is 30.4 Å². The minimum Gasteiger partial charge on any atom is -0.443 e. The van der Waals surface area contributed by atoms with Gasteiger partial charge in [-0.2, -0.15) is 5.26 Å². The summed E-state index contributed by atoms with van der Waals surface area (Å²) in [6.45, 7) is 0.424. The van der Waals surface area contributed by atoms with Crippen LogP contribution in [0.15, 0.2) is 35.5 Å². The first-order chi connectivity index (χ1) is 16.3. The second-order valence-electron chi connectivity index (χ2n) is 7.93. The van der Waals surface area contributed by atoms with Gasteiger partial charge in [0.25, 0.3) is 0 Å². The van der Waals surface area contributed by atoms with Crippen molar-refractivity contribution in [3.8, 4) is 6.07 Å². The number of rotatable bonds is 7. The molecule has 1 aromatic heterocycles. The third-order valence-electron chi connectivity index (χ3n) is 6.01. The first kappa shape index (κ1) is 24.4. The molecule has 3 rings (SSSR count). The van der Waals surface area contributed by atoms with Gasteiger partial charge in [-0.3, -0.25) is 0 Å². The van der Waals surface area contributed by atoms with Gasteiger partial charge in [-0.15, -0.1) is 4.99 Å². The number of carbonyl (C=O) groups excluding carboxylic acids is 2. The number of guanidine groups is 1. The number of nitriles is 1. The smallest absolute Gasteiger partial charge is 0.437 e. The van der Waals surface area contributed by atoms with Crippen molar-refractivity contribution < 1.29 is 18.7 Å². The summed E-state index contributed by atoms with van der Waals surface area (Å²) < 4.78 is 20.4. The van der Waals surface area contributed by atoms with E-state index in [-0.39, 0.29) is 16.8 Å². The fourth-order valence-corrected chi connectivity index (χ4v) is 4.33. The number of nitrogens with zero attached hydrogens (tertiary/aromatic N) is 4. The van der Waals surface area contributed by atoms with Gasteiger partial charge in [0.15, 0.2) is 11.8 Å². The number of carbonyl (C=O) groups is 2. The van der Waals surface area contributed by atoms with E-state index in [0.29, 0.717) is 38.2 Å². The lowest BCUT2D eigenvalue weighted by Gasteiger charge is -2.43. The average Bonchev–Trinajstić information content (AvgIpc) is 2.83. The maximum absolute atomic E-state index is 15.5. The standard InChI is InChI=1S/C23H26FN7O3/c1-28-20-17(3-2-9-29-20)23(8-12-32)6-10-31(11-7-23)19-15(13-25)4-5-16(18(19)24)14-34-22(33)30-21(26)27/h2-5,9,12H,6-8,10-11,14H2,1H3,(H,28,29)(H4,26,27,30,33). The predicted octanol–water partition coefficient (Wildman–Crippen LogP) is 2.17. The van der Waals surface area contributed by atoms with Crippen molar-refractivity contribution in [3.63, 3.8) is 0 Å². The molecule has 1 aromatic carbocycles. The third-order valence-corrected chi connectivity index (χ3v) is 6.01. The Morgan fingerprint density at radius 3 is 2.74 bits per heavy atom. The monoisotopic (exact) mass is 467 g/mol.